The molecule has 0 aliphatic carbocycles. The highest BCUT2D eigenvalue weighted by Crippen LogP contribution is 2.25. The highest BCUT2D eigenvalue weighted by Gasteiger charge is 2.37. The molecule has 4 heterocycles. The Bertz CT molecular complexity index is 1280. The van der Waals surface area contributed by atoms with Crippen molar-refractivity contribution in [1.82, 2.24) is 24.1 Å². The van der Waals surface area contributed by atoms with Crippen molar-refractivity contribution in [2.45, 2.75) is 26.1 Å². The number of carbonyl (C=O) groups is 2. The number of ether oxygens (including phenoxy) is 1. The van der Waals surface area contributed by atoms with Crippen LogP contribution >= 0.6 is 0 Å². The van der Waals surface area contributed by atoms with E-state index in [0.29, 0.717) is 18.1 Å². The second-order valence-corrected chi connectivity index (χ2v) is 8.03. The highest BCUT2D eigenvalue weighted by molar-refractivity contribution is 5.98. The monoisotopic (exact) mass is 457 g/mol. The van der Waals surface area contributed by atoms with Crippen LogP contribution in [-0.2, 0) is 22.6 Å². The van der Waals surface area contributed by atoms with Crippen LogP contribution in [-0.4, -0.2) is 69.7 Å². The fourth-order valence-electron chi connectivity index (χ4n) is 3.81. The average molecular weight is 457 g/mol. The average Bonchev–Trinajstić information content (AvgIpc) is 3.36. The number of aromatic nitrogens is 4. The van der Waals surface area contributed by atoms with Crippen molar-refractivity contribution in [3.8, 4) is 0 Å². The van der Waals surface area contributed by atoms with Gasteiger partial charge in [0.15, 0.2) is 5.82 Å². The second kappa shape index (κ2) is 8.62. The zero-order valence-corrected chi connectivity index (χ0v) is 18.7. The van der Waals surface area contributed by atoms with E-state index in [1.54, 1.807) is 25.1 Å². The number of nitrogens with one attached hydrogen (secondary N) is 1. The van der Waals surface area contributed by atoms with Crippen molar-refractivity contribution in [1.29, 1.82) is 0 Å². The third-order valence-corrected chi connectivity index (χ3v) is 5.45. The predicted molar refractivity (Wildman–Crippen MR) is 118 cm³/mol. The normalized spacial score (nSPS) is 14.0. The van der Waals surface area contributed by atoms with E-state index in [2.05, 4.69) is 15.4 Å². The van der Waals surface area contributed by atoms with Crippen molar-refractivity contribution in [2.75, 3.05) is 38.0 Å². The first-order chi connectivity index (χ1) is 15.7. The van der Waals surface area contributed by atoms with Gasteiger partial charge in [-0.25, -0.2) is 9.37 Å². The van der Waals surface area contributed by atoms with Crippen LogP contribution in [0.5, 0.6) is 0 Å². The molecule has 11 nitrogen and oxygen atoms in total. The number of pyridine rings is 1. The minimum absolute atomic E-state index is 0.0890. The van der Waals surface area contributed by atoms with E-state index in [9.17, 15) is 18.8 Å². The van der Waals surface area contributed by atoms with Crippen LogP contribution in [0.2, 0.25) is 0 Å². The molecule has 0 saturated carbocycles. The first kappa shape index (κ1) is 22.4. The zero-order chi connectivity index (χ0) is 23.9. The molecule has 1 aliphatic heterocycles. The van der Waals surface area contributed by atoms with E-state index in [0.717, 1.165) is 6.20 Å². The van der Waals surface area contributed by atoms with Gasteiger partial charge >= 0.3 is 0 Å². The Labute approximate surface area is 188 Å². The zero-order valence-electron chi connectivity index (χ0n) is 18.7. The lowest BCUT2D eigenvalue weighted by molar-refractivity contribution is -0.116. The minimum Gasteiger partial charge on any atom is -0.383 e. The SMILES string of the molecule is COCC(C)N1Cc2c(n(CC(=O)Nc3ccc(F)cn3)c3cc(N(C)C)nn3c2=O)C1=O. The lowest BCUT2D eigenvalue weighted by Crippen LogP contribution is -2.37. The Kier molecular flexibility index (Phi) is 5.85. The van der Waals surface area contributed by atoms with Crippen molar-refractivity contribution in [3.05, 3.63) is 51.8 Å². The van der Waals surface area contributed by atoms with Crippen molar-refractivity contribution < 1.29 is 18.7 Å². The number of anilines is 2. The molecule has 4 rings (SSSR count). The summed E-state index contributed by atoms with van der Waals surface area (Å²) in [5.74, 6) is -0.721. The molecule has 1 aliphatic rings. The summed E-state index contributed by atoms with van der Waals surface area (Å²) in [6.45, 7) is 1.94. The van der Waals surface area contributed by atoms with Crippen LogP contribution in [0.15, 0.2) is 29.2 Å². The molecule has 0 bridgehead atoms. The molecule has 12 heteroatoms. The molecule has 3 aromatic rings. The van der Waals surface area contributed by atoms with E-state index in [1.165, 1.54) is 33.2 Å². The summed E-state index contributed by atoms with van der Waals surface area (Å²) in [5, 5.41) is 6.94. The van der Waals surface area contributed by atoms with Gasteiger partial charge in [-0.1, -0.05) is 0 Å². The Balaban J connectivity index is 1.79. The van der Waals surface area contributed by atoms with Crippen LogP contribution in [0.4, 0.5) is 16.0 Å². The van der Waals surface area contributed by atoms with Crippen molar-refractivity contribution >= 4 is 29.1 Å². The summed E-state index contributed by atoms with van der Waals surface area (Å²) >= 11 is 0. The van der Waals surface area contributed by atoms with Gasteiger partial charge < -0.3 is 24.4 Å². The van der Waals surface area contributed by atoms with Gasteiger partial charge in [-0.15, -0.1) is 5.10 Å². The summed E-state index contributed by atoms with van der Waals surface area (Å²) in [4.78, 5) is 46.5. The number of hydrogen-bond donors (Lipinski definition) is 1. The molecular formula is C21H24FN7O4. The number of rotatable bonds is 7. The van der Waals surface area contributed by atoms with E-state index < -0.39 is 17.3 Å². The molecule has 3 aromatic heterocycles. The quantitative estimate of drug-likeness (QED) is 0.556. The van der Waals surface area contributed by atoms with Gasteiger partial charge in [0, 0.05) is 27.3 Å². The fourth-order valence-corrected chi connectivity index (χ4v) is 3.81. The highest BCUT2D eigenvalue weighted by atomic mass is 19.1. The molecule has 0 fully saturated rings. The molecule has 2 amide bonds. The number of amides is 2. The van der Waals surface area contributed by atoms with Crippen molar-refractivity contribution in [2.24, 2.45) is 0 Å². The number of fused-ring (bicyclic) bond motifs is 2. The first-order valence-corrected chi connectivity index (χ1v) is 10.2. The topological polar surface area (TPSA) is 114 Å². The number of halogens is 1. The summed E-state index contributed by atoms with van der Waals surface area (Å²) in [6.07, 6.45) is 0.990. The Morgan fingerprint density at radius 1 is 1.33 bits per heavy atom. The van der Waals surface area contributed by atoms with Crippen LogP contribution < -0.4 is 15.8 Å². The van der Waals surface area contributed by atoms with E-state index in [1.807, 2.05) is 6.92 Å². The Morgan fingerprint density at radius 2 is 2.09 bits per heavy atom. The Morgan fingerprint density at radius 3 is 2.73 bits per heavy atom. The van der Waals surface area contributed by atoms with Gasteiger partial charge in [0.25, 0.3) is 11.5 Å². The molecule has 0 spiro atoms. The third-order valence-electron chi connectivity index (χ3n) is 5.45. The summed E-state index contributed by atoms with van der Waals surface area (Å²) < 4.78 is 21.0. The van der Waals surface area contributed by atoms with Gasteiger partial charge in [0.05, 0.1) is 31.0 Å². The summed E-state index contributed by atoms with van der Waals surface area (Å²) in [6, 6.07) is 3.88. The number of nitrogens with zero attached hydrogens (tertiary/aromatic N) is 6. The van der Waals surface area contributed by atoms with Gasteiger partial charge in [-0.2, -0.15) is 4.52 Å². The molecule has 1 atom stereocenters. The van der Waals surface area contributed by atoms with E-state index >= 15 is 0 Å². The van der Waals surface area contributed by atoms with E-state index in [4.69, 9.17) is 4.74 Å². The van der Waals surface area contributed by atoms with Crippen LogP contribution in [0.25, 0.3) is 5.65 Å². The molecule has 33 heavy (non-hydrogen) atoms. The van der Waals surface area contributed by atoms with Crippen molar-refractivity contribution in [3.63, 3.8) is 0 Å². The first-order valence-electron chi connectivity index (χ1n) is 10.2. The molecule has 0 radical (unpaired) electrons. The number of methoxy groups -OCH3 is 1. The molecule has 174 valence electrons. The lowest BCUT2D eigenvalue weighted by atomic mass is 10.2. The predicted octanol–water partition coefficient (Wildman–Crippen LogP) is 0.725. The largest absolute Gasteiger partial charge is 0.383 e. The molecule has 1 unspecified atom stereocenters. The molecule has 0 aromatic carbocycles. The minimum atomic E-state index is -0.528. The lowest BCUT2D eigenvalue weighted by Gasteiger charge is -2.23. The molecular weight excluding hydrogens is 433 g/mol. The maximum atomic E-state index is 13.3. The summed E-state index contributed by atoms with van der Waals surface area (Å²) in [7, 11) is 5.08. The number of hydrogen-bond acceptors (Lipinski definition) is 7. The van der Waals surface area contributed by atoms with Crippen LogP contribution in [0, 0.1) is 5.82 Å². The molecule has 1 N–H and O–H groups in total. The van der Waals surface area contributed by atoms with Gasteiger partial charge in [-0.05, 0) is 19.1 Å². The standard InChI is InChI=1S/C21H24FN7O4/c1-12(11-33-4)27-9-14-19(21(27)32)28(10-17(30)24-15-6-5-13(22)8-23-15)18-7-16(26(2)3)25-29(18)20(14)31/h5-8,12H,9-11H2,1-4H3,(H,23,24,30). The second-order valence-electron chi connectivity index (χ2n) is 8.03. The smallest absolute Gasteiger partial charge is 0.280 e. The molecule has 0 saturated heterocycles. The maximum Gasteiger partial charge on any atom is 0.280 e. The van der Waals surface area contributed by atoms with Gasteiger partial charge in [0.1, 0.15) is 29.5 Å². The maximum absolute atomic E-state index is 13.3. The van der Waals surface area contributed by atoms with Gasteiger partial charge in [-0.3, -0.25) is 14.4 Å². The Hall–Kier alpha value is -3.80. The van der Waals surface area contributed by atoms with Crippen LogP contribution in [0.1, 0.15) is 23.0 Å². The van der Waals surface area contributed by atoms with E-state index in [-0.39, 0.29) is 42.1 Å². The van der Waals surface area contributed by atoms with Gasteiger partial charge in [0.2, 0.25) is 5.91 Å². The summed E-state index contributed by atoms with van der Waals surface area (Å²) in [5.41, 5.74) is 0.295. The number of carbonyl (C=O) groups excluding carboxylic acids is 2. The van der Waals surface area contributed by atoms with Crippen LogP contribution in [0.3, 0.4) is 0 Å². The third kappa shape index (κ3) is 4.04. The fraction of sp³-hybridized carbons (Fsp3) is 0.381.